The molecule has 1 N–H and O–H groups in total. The molecule has 9 nitrogen and oxygen atoms in total. The number of rotatable bonds is 3. The smallest absolute Gasteiger partial charge is 0.258 e. The quantitative estimate of drug-likeness (QED) is 0.549. The molecule has 0 saturated carbocycles. The predicted molar refractivity (Wildman–Crippen MR) is 118 cm³/mol. The summed E-state index contributed by atoms with van der Waals surface area (Å²) in [7, 11) is 3.90. The summed E-state index contributed by atoms with van der Waals surface area (Å²) in [6, 6.07) is 7.40. The van der Waals surface area contributed by atoms with Gasteiger partial charge in [0.1, 0.15) is 16.9 Å². The number of pyridine rings is 1. The fourth-order valence-corrected chi connectivity index (χ4v) is 3.88. The van der Waals surface area contributed by atoms with Crippen LogP contribution in [0.5, 0.6) is 0 Å². The van der Waals surface area contributed by atoms with Crippen molar-refractivity contribution in [1.82, 2.24) is 29.3 Å². The molecule has 1 aliphatic rings. The molecule has 154 valence electrons. The van der Waals surface area contributed by atoms with E-state index >= 15 is 0 Å². The Morgan fingerprint density at radius 3 is 2.60 bits per heavy atom. The lowest BCUT2D eigenvalue weighted by Crippen LogP contribution is -2.43. The second kappa shape index (κ2) is 7.10. The van der Waals surface area contributed by atoms with E-state index in [4.69, 9.17) is 4.98 Å². The lowest BCUT2D eigenvalue weighted by molar-refractivity contribution is 0.588. The molecule has 0 atom stereocenters. The van der Waals surface area contributed by atoms with Crippen molar-refractivity contribution in [1.29, 1.82) is 0 Å². The Bertz CT molecular complexity index is 1300. The van der Waals surface area contributed by atoms with Gasteiger partial charge in [0.25, 0.3) is 5.56 Å². The van der Waals surface area contributed by atoms with Crippen molar-refractivity contribution >= 4 is 22.7 Å². The standard InChI is InChI=1S/C21H24N8O/c1-14-12-29-18(21(23-14)26(2)3)10-17(25-29)16-11-20(30)28-13-15(4-5-19(28)24-16)27-8-6-22-7-9-27/h4-5,10-13,22H,6-9H2,1-3H3. The van der Waals surface area contributed by atoms with Gasteiger partial charge in [-0.15, -0.1) is 0 Å². The molecule has 5 rings (SSSR count). The summed E-state index contributed by atoms with van der Waals surface area (Å²) in [5.74, 6) is 0.826. The van der Waals surface area contributed by atoms with E-state index < -0.39 is 0 Å². The SMILES string of the molecule is Cc1cn2nc(-c3cc(=O)n4cc(N5CCNCC5)ccc4n3)cc2c(N(C)C)n1. The van der Waals surface area contributed by atoms with Gasteiger partial charge in [0.15, 0.2) is 5.82 Å². The monoisotopic (exact) mass is 404 g/mol. The zero-order valence-electron chi connectivity index (χ0n) is 17.3. The van der Waals surface area contributed by atoms with E-state index in [0.717, 1.165) is 48.9 Å². The van der Waals surface area contributed by atoms with Gasteiger partial charge in [-0.1, -0.05) is 0 Å². The summed E-state index contributed by atoms with van der Waals surface area (Å²) < 4.78 is 3.40. The minimum Gasteiger partial charge on any atom is -0.368 e. The van der Waals surface area contributed by atoms with E-state index in [9.17, 15) is 4.79 Å². The first-order valence-corrected chi connectivity index (χ1v) is 10.0. The summed E-state index contributed by atoms with van der Waals surface area (Å²) in [6.45, 7) is 5.68. The number of hydrogen-bond donors (Lipinski definition) is 1. The molecule has 0 aromatic carbocycles. The molecule has 30 heavy (non-hydrogen) atoms. The lowest BCUT2D eigenvalue weighted by Gasteiger charge is -2.29. The topological polar surface area (TPSA) is 83.1 Å². The van der Waals surface area contributed by atoms with Gasteiger partial charge in [-0.3, -0.25) is 9.20 Å². The average molecular weight is 404 g/mol. The molecule has 1 aliphatic heterocycles. The molecule has 5 heterocycles. The Labute approximate surface area is 173 Å². The third kappa shape index (κ3) is 3.17. The Morgan fingerprint density at radius 1 is 1.03 bits per heavy atom. The van der Waals surface area contributed by atoms with E-state index in [1.54, 1.807) is 15.0 Å². The molecule has 0 radical (unpaired) electrons. The minimum absolute atomic E-state index is 0.119. The number of nitrogens with zero attached hydrogens (tertiary/aromatic N) is 7. The maximum atomic E-state index is 12.9. The van der Waals surface area contributed by atoms with Gasteiger partial charge < -0.3 is 15.1 Å². The Hall–Kier alpha value is -3.46. The van der Waals surface area contributed by atoms with Crippen molar-refractivity contribution in [2.75, 3.05) is 50.1 Å². The average Bonchev–Trinajstić information content (AvgIpc) is 3.17. The van der Waals surface area contributed by atoms with Gasteiger partial charge in [-0.05, 0) is 25.1 Å². The van der Waals surface area contributed by atoms with Crippen molar-refractivity contribution in [3.05, 3.63) is 52.7 Å². The highest BCUT2D eigenvalue weighted by Gasteiger charge is 2.15. The zero-order valence-corrected chi connectivity index (χ0v) is 17.3. The number of aromatic nitrogens is 5. The van der Waals surface area contributed by atoms with Crippen LogP contribution in [-0.2, 0) is 0 Å². The van der Waals surface area contributed by atoms with Crippen molar-refractivity contribution in [3.63, 3.8) is 0 Å². The molecule has 0 unspecified atom stereocenters. The molecule has 1 saturated heterocycles. The van der Waals surface area contributed by atoms with E-state index in [1.165, 1.54) is 0 Å². The van der Waals surface area contributed by atoms with Gasteiger partial charge in [0.2, 0.25) is 0 Å². The molecule has 0 spiro atoms. The maximum Gasteiger partial charge on any atom is 0.258 e. The Kier molecular flexibility index (Phi) is 4.39. The molecule has 0 bridgehead atoms. The number of fused-ring (bicyclic) bond motifs is 2. The van der Waals surface area contributed by atoms with Gasteiger partial charge >= 0.3 is 0 Å². The van der Waals surface area contributed by atoms with Crippen molar-refractivity contribution in [2.24, 2.45) is 0 Å². The number of hydrogen-bond acceptors (Lipinski definition) is 7. The van der Waals surface area contributed by atoms with E-state index in [2.05, 4.69) is 20.3 Å². The van der Waals surface area contributed by atoms with Crippen LogP contribution in [0, 0.1) is 6.92 Å². The molecule has 0 aliphatic carbocycles. The van der Waals surface area contributed by atoms with Crippen LogP contribution in [0.3, 0.4) is 0 Å². The minimum atomic E-state index is -0.119. The van der Waals surface area contributed by atoms with Gasteiger partial charge in [-0.2, -0.15) is 5.10 Å². The number of nitrogens with one attached hydrogen (secondary N) is 1. The highest BCUT2D eigenvalue weighted by atomic mass is 16.1. The van der Waals surface area contributed by atoms with Crippen molar-refractivity contribution in [2.45, 2.75) is 6.92 Å². The predicted octanol–water partition coefficient (Wildman–Crippen LogP) is 1.19. The first-order valence-electron chi connectivity index (χ1n) is 10.0. The largest absolute Gasteiger partial charge is 0.368 e. The zero-order chi connectivity index (χ0) is 20.8. The van der Waals surface area contributed by atoms with Crippen LogP contribution < -0.4 is 20.7 Å². The second-order valence-electron chi connectivity index (χ2n) is 7.79. The molecule has 1 fully saturated rings. The number of anilines is 2. The summed E-state index contributed by atoms with van der Waals surface area (Å²) >= 11 is 0. The van der Waals surface area contributed by atoms with E-state index in [1.807, 2.05) is 56.5 Å². The molecule has 4 aromatic rings. The Balaban J connectivity index is 1.59. The van der Waals surface area contributed by atoms with Crippen LogP contribution in [0.15, 0.2) is 41.5 Å². The summed E-state index contributed by atoms with van der Waals surface area (Å²) in [4.78, 5) is 26.4. The molecular formula is C21H24N8O. The summed E-state index contributed by atoms with van der Waals surface area (Å²) in [5, 5.41) is 7.99. The van der Waals surface area contributed by atoms with Crippen LogP contribution in [0.4, 0.5) is 11.5 Å². The highest BCUT2D eigenvalue weighted by Crippen LogP contribution is 2.24. The fourth-order valence-electron chi connectivity index (χ4n) is 3.88. The number of piperazine rings is 1. The van der Waals surface area contributed by atoms with Crippen molar-refractivity contribution < 1.29 is 0 Å². The molecule has 4 aromatic heterocycles. The maximum absolute atomic E-state index is 12.9. The summed E-state index contributed by atoms with van der Waals surface area (Å²) in [5.41, 5.74) is 4.47. The highest BCUT2D eigenvalue weighted by molar-refractivity contribution is 5.74. The third-order valence-corrected chi connectivity index (χ3v) is 5.37. The van der Waals surface area contributed by atoms with Gasteiger partial charge in [0.05, 0.1) is 23.3 Å². The second-order valence-corrected chi connectivity index (χ2v) is 7.79. The third-order valence-electron chi connectivity index (χ3n) is 5.37. The van der Waals surface area contributed by atoms with Crippen LogP contribution in [0.2, 0.25) is 0 Å². The number of aryl methyl sites for hydroxylation is 1. The van der Waals surface area contributed by atoms with Crippen LogP contribution in [0.25, 0.3) is 22.6 Å². The van der Waals surface area contributed by atoms with Crippen LogP contribution >= 0.6 is 0 Å². The van der Waals surface area contributed by atoms with E-state index in [0.29, 0.717) is 17.0 Å². The fraction of sp³-hybridized carbons (Fsp3) is 0.333. The molecule has 9 heteroatoms. The van der Waals surface area contributed by atoms with Gasteiger partial charge in [-0.25, -0.2) is 14.5 Å². The molecular weight excluding hydrogens is 380 g/mol. The molecule has 0 amide bonds. The Morgan fingerprint density at radius 2 is 1.83 bits per heavy atom. The normalized spacial score (nSPS) is 14.6. The van der Waals surface area contributed by atoms with Crippen molar-refractivity contribution in [3.8, 4) is 11.4 Å². The van der Waals surface area contributed by atoms with E-state index in [-0.39, 0.29) is 5.56 Å². The summed E-state index contributed by atoms with van der Waals surface area (Å²) in [6.07, 6.45) is 3.75. The van der Waals surface area contributed by atoms with Crippen LogP contribution in [-0.4, -0.2) is 64.3 Å². The first-order chi connectivity index (χ1) is 14.5. The van der Waals surface area contributed by atoms with Gasteiger partial charge in [0, 0.05) is 52.5 Å². The first kappa shape index (κ1) is 18.6. The van der Waals surface area contributed by atoms with Crippen LogP contribution in [0.1, 0.15) is 5.69 Å². The lowest BCUT2D eigenvalue weighted by atomic mass is 10.2.